The summed E-state index contributed by atoms with van der Waals surface area (Å²) >= 11 is 1.49. The molecule has 0 spiro atoms. The van der Waals surface area contributed by atoms with Gasteiger partial charge >= 0.3 is 0 Å². The number of fused-ring (bicyclic) bond motifs is 1. The van der Waals surface area contributed by atoms with Crippen LogP contribution in [0.2, 0.25) is 0 Å². The van der Waals surface area contributed by atoms with Crippen LogP contribution in [0.25, 0.3) is 10.2 Å². The second kappa shape index (κ2) is 6.44. The summed E-state index contributed by atoms with van der Waals surface area (Å²) in [6.45, 7) is 2.81. The van der Waals surface area contributed by atoms with Crippen LogP contribution in [0.4, 0.5) is 9.52 Å². The van der Waals surface area contributed by atoms with Gasteiger partial charge in [-0.15, -0.1) is 0 Å². The molecule has 2 aromatic heterocycles. The minimum absolute atomic E-state index is 0.00490. The molecule has 4 rings (SSSR count). The summed E-state index contributed by atoms with van der Waals surface area (Å²) in [5.74, 6) is -0.284. The van der Waals surface area contributed by atoms with Crippen molar-refractivity contribution in [3.05, 3.63) is 42.0 Å². The molecule has 0 atom stereocenters. The zero-order chi connectivity index (χ0) is 17.4. The second-order valence-electron chi connectivity index (χ2n) is 6.12. The lowest BCUT2D eigenvalue weighted by Crippen LogP contribution is -2.35. The minimum atomic E-state index is -0.289. The van der Waals surface area contributed by atoms with Crippen LogP contribution in [0, 0.1) is 5.82 Å². The molecule has 1 fully saturated rings. The number of halogens is 1. The Morgan fingerprint density at radius 2 is 2.12 bits per heavy atom. The van der Waals surface area contributed by atoms with Crippen molar-refractivity contribution in [2.45, 2.75) is 6.42 Å². The van der Waals surface area contributed by atoms with Gasteiger partial charge in [0.05, 0.1) is 16.5 Å². The van der Waals surface area contributed by atoms with Crippen LogP contribution in [0.5, 0.6) is 0 Å². The zero-order valence-electron chi connectivity index (χ0n) is 13.9. The SMILES string of the molecule is Cn1cc(C(=O)N2CCCN(c3nc4c(F)cccc4s3)CC2)cn1. The van der Waals surface area contributed by atoms with Crippen molar-refractivity contribution in [1.82, 2.24) is 19.7 Å². The molecule has 0 radical (unpaired) electrons. The average Bonchev–Trinajstić information content (AvgIpc) is 3.15. The van der Waals surface area contributed by atoms with E-state index in [1.807, 2.05) is 11.0 Å². The number of para-hydroxylation sites is 1. The molecule has 1 aromatic carbocycles. The first kappa shape index (κ1) is 16.0. The lowest BCUT2D eigenvalue weighted by molar-refractivity contribution is 0.0767. The molecule has 0 unspecified atom stereocenters. The van der Waals surface area contributed by atoms with Crippen molar-refractivity contribution >= 4 is 32.6 Å². The average molecular weight is 359 g/mol. The van der Waals surface area contributed by atoms with Gasteiger partial charge in [0.2, 0.25) is 0 Å². The Kier molecular flexibility index (Phi) is 4.12. The molecular weight excluding hydrogens is 341 g/mol. The molecule has 1 aliphatic rings. The molecule has 0 N–H and O–H groups in total. The molecular formula is C17H18FN5OS. The van der Waals surface area contributed by atoms with Crippen LogP contribution >= 0.6 is 11.3 Å². The smallest absolute Gasteiger partial charge is 0.257 e. The van der Waals surface area contributed by atoms with Gasteiger partial charge in [0.1, 0.15) is 11.3 Å². The quantitative estimate of drug-likeness (QED) is 0.706. The molecule has 3 heterocycles. The number of amides is 1. The number of nitrogens with zero attached hydrogens (tertiary/aromatic N) is 5. The van der Waals surface area contributed by atoms with E-state index < -0.39 is 0 Å². The van der Waals surface area contributed by atoms with Gasteiger partial charge < -0.3 is 9.80 Å². The summed E-state index contributed by atoms with van der Waals surface area (Å²) in [6.07, 6.45) is 4.19. The summed E-state index contributed by atoms with van der Waals surface area (Å²) in [7, 11) is 1.80. The maximum absolute atomic E-state index is 13.9. The highest BCUT2D eigenvalue weighted by Crippen LogP contribution is 2.30. The number of aromatic nitrogens is 3. The third-order valence-corrected chi connectivity index (χ3v) is 5.45. The van der Waals surface area contributed by atoms with E-state index in [-0.39, 0.29) is 11.7 Å². The highest BCUT2D eigenvalue weighted by atomic mass is 32.1. The molecule has 1 saturated heterocycles. The van der Waals surface area contributed by atoms with E-state index in [9.17, 15) is 9.18 Å². The van der Waals surface area contributed by atoms with Gasteiger partial charge in [-0.3, -0.25) is 9.48 Å². The van der Waals surface area contributed by atoms with Gasteiger partial charge in [-0.25, -0.2) is 9.37 Å². The number of aryl methyl sites for hydroxylation is 1. The van der Waals surface area contributed by atoms with E-state index in [0.29, 0.717) is 30.7 Å². The second-order valence-corrected chi connectivity index (χ2v) is 7.13. The first-order chi connectivity index (χ1) is 12.1. The third-order valence-electron chi connectivity index (χ3n) is 4.36. The standard InChI is InChI=1S/C17H18FN5OS/c1-21-11-12(10-19-21)16(24)22-6-3-7-23(9-8-22)17-20-15-13(18)4-2-5-14(15)25-17/h2,4-5,10-11H,3,6-9H2,1H3. The molecule has 25 heavy (non-hydrogen) atoms. The Morgan fingerprint density at radius 1 is 1.24 bits per heavy atom. The van der Waals surface area contributed by atoms with Crippen LogP contribution in [0.15, 0.2) is 30.6 Å². The van der Waals surface area contributed by atoms with Crippen LogP contribution in [-0.4, -0.2) is 51.8 Å². The van der Waals surface area contributed by atoms with E-state index in [1.165, 1.54) is 17.4 Å². The zero-order valence-corrected chi connectivity index (χ0v) is 14.7. The minimum Gasteiger partial charge on any atom is -0.346 e. The van der Waals surface area contributed by atoms with Crippen LogP contribution in [-0.2, 0) is 7.05 Å². The highest BCUT2D eigenvalue weighted by Gasteiger charge is 2.23. The van der Waals surface area contributed by atoms with Gasteiger partial charge in [-0.1, -0.05) is 17.4 Å². The fraction of sp³-hybridized carbons (Fsp3) is 0.353. The summed E-state index contributed by atoms with van der Waals surface area (Å²) in [5, 5.41) is 4.88. The summed E-state index contributed by atoms with van der Waals surface area (Å²) in [5.41, 5.74) is 1.04. The van der Waals surface area contributed by atoms with Crippen LogP contribution in [0.3, 0.4) is 0 Å². The molecule has 0 bridgehead atoms. The molecule has 0 aliphatic carbocycles. The van der Waals surface area contributed by atoms with Gasteiger partial charge in [0.15, 0.2) is 5.13 Å². The highest BCUT2D eigenvalue weighted by molar-refractivity contribution is 7.22. The number of hydrogen-bond donors (Lipinski definition) is 0. The predicted octanol–water partition coefficient (Wildman–Crippen LogP) is 2.52. The van der Waals surface area contributed by atoms with Crippen molar-refractivity contribution in [3.63, 3.8) is 0 Å². The molecule has 1 amide bonds. The Hall–Kier alpha value is -2.48. The van der Waals surface area contributed by atoms with Crippen molar-refractivity contribution < 1.29 is 9.18 Å². The van der Waals surface area contributed by atoms with Gasteiger partial charge in [0, 0.05) is 39.4 Å². The lowest BCUT2D eigenvalue weighted by atomic mass is 10.3. The summed E-state index contributed by atoms with van der Waals surface area (Å²) in [4.78, 5) is 21.0. The fourth-order valence-corrected chi connectivity index (χ4v) is 4.10. The van der Waals surface area contributed by atoms with E-state index >= 15 is 0 Å². The number of carbonyl (C=O) groups excluding carboxylic acids is 1. The van der Waals surface area contributed by atoms with Crippen molar-refractivity contribution in [1.29, 1.82) is 0 Å². The van der Waals surface area contributed by atoms with E-state index in [2.05, 4.69) is 15.0 Å². The Morgan fingerprint density at radius 3 is 2.88 bits per heavy atom. The first-order valence-corrected chi connectivity index (χ1v) is 9.01. The van der Waals surface area contributed by atoms with Crippen LogP contribution < -0.4 is 4.90 Å². The Balaban J connectivity index is 1.50. The predicted molar refractivity (Wildman–Crippen MR) is 95.5 cm³/mol. The number of benzene rings is 1. The fourth-order valence-electron chi connectivity index (χ4n) is 3.06. The van der Waals surface area contributed by atoms with E-state index in [1.54, 1.807) is 30.2 Å². The molecule has 3 aromatic rings. The Labute approximate surface area is 148 Å². The molecule has 0 saturated carbocycles. The first-order valence-electron chi connectivity index (χ1n) is 8.20. The van der Waals surface area contributed by atoms with E-state index in [4.69, 9.17) is 0 Å². The van der Waals surface area contributed by atoms with Gasteiger partial charge in [-0.2, -0.15) is 5.10 Å². The third kappa shape index (κ3) is 3.09. The number of hydrogen-bond acceptors (Lipinski definition) is 5. The molecule has 8 heteroatoms. The largest absolute Gasteiger partial charge is 0.346 e. The van der Waals surface area contributed by atoms with Gasteiger partial charge in [-0.05, 0) is 18.6 Å². The molecule has 6 nitrogen and oxygen atoms in total. The lowest BCUT2D eigenvalue weighted by Gasteiger charge is -2.21. The van der Waals surface area contributed by atoms with Gasteiger partial charge in [0.25, 0.3) is 5.91 Å². The maximum Gasteiger partial charge on any atom is 0.257 e. The number of rotatable bonds is 2. The normalized spacial score (nSPS) is 15.6. The number of anilines is 1. The topological polar surface area (TPSA) is 54.3 Å². The number of carbonyl (C=O) groups is 1. The molecule has 130 valence electrons. The van der Waals surface area contributed by atoms with Crippen molar-refractivity contribution in [2.75, 3.05) is 31.1 Å². The Bertz CT molecular complexity index is 921. The summed E-state index contributed by atoms with van der Waals surface area (Å²) in [6, 6.07) is 5.02. The summed E-state index contributed by atoms with van der Waals surface area (Å²) < 4.78 is 16.4. The molecule has 1 aliphatic heterocycles. The van der Waals surface area contributed by atoms with Crippen molar-refractivity contribution in [3.8, 4) is 0 Å². The van der Waals surface area contributed by atoms with E-state index in [0.717, 1.165) is 22.8 Å². The van der Waals surface area contributed by atoms with Crippen molar-refractivity contribution in [2.24, 2.45) is 7.05 Å². The monoisotopic (exact) mass is 359 g/mol. The maximum atomic E-state index is 13.9. The number of thiazole rings is 1. The van der Waals surface area contributed by atoms with Crippen LogP contribution in [0.1, 0.15) is 16.8 Å².